The normalized spacial score (nSPS) is 12.0. The van der Waals surface area contributed by atoms with Crippen molar-refractivity contribution in [3.05, 3.63) is 100 Å². The summed E-state index contributed by atoms with van der Waals surface area (Å²) in [6.45, 7) is 4.40. The molecule has 0 saturated carbocycles. The number of rotatable bonds is 18. The number of hydrogen-bond acceptors (Lipinski definition) is 8. The molecule has 2 N–H and O–H groups in total. The van der Waals surface area contributed by atoms with Crippen LogP contribution >= 0.6 is 0 Å². The summed E-state index contributed by atoms with van der Waals surface area (Å²) in [5, 5.41) is 15.4. The van der Waals surface area contributed by atoms with E-state index in [4.69, 9.17) is 0 Å². The highest BCUT2D eigenvalue weighted by molar-refractivity contribution is 7.89. The zero-order valence-corrected chi connectivity index (χ0v) is 25.9. The lowest BCUT2D eigenvalue weighted by molar-refractivity contribution is -0.384. The van der Waals surface area contributed by atoms with Gasteiger partial charge in [-0.05, 0) is 90.5 Å². The van der Waals surface area contributed by atoms with Crippen LogP contribution in [0.15, 0.2) is 83.8 Å². The zero-order chi connectivity index (χ0) is 30.5. The molecule has 0 spiro atoms. The van der Waals surface area contributed by atoms with Crippen molar-refractivity contribution in [2.45, 2.75) is 23.8 Å². The van der Waals surface area contributed by atoms with E-state index in [0.29, 0.717) is 6.54 Å². The van der Waals surface area contributed by atoms with Gasteiger partial charge >= 0.3 is 0 Å². The molecule has 0 amide bonds. The summed E-state index contributed by atoms with van der Waals surface area (Å²) >= 11 is 0. The maximum atomic E-state index is 13.2. The first-order chi connectivity index (χ1) is 20.1. The molecule has 0 heterocycles. The van der Waals surface area contributed by atoms with Crippen molar-refractivity contribution in [1.82, 2.24) is 19.4 Å². The van der Waals surface area contributed by atoms with E-state index in [1.807, 2.05) is 88.9 Å². The summed E-state index contributed by atoms with van der Waals surface area (Å²) < 4.78 is 29.0. The number of nitro benzene ring substituents is 1. The molecule has 0 saturated heterocycles. The Morgan fingerprint density at radius 1 is 0.762 bits per heavy atom. The monoisotopic (exact) mass is 596 g/mol. The third-order valence-corrected chi connectivity index (χ3v) is 8.38. The fourth-order valence-corrected chi connectivity index (χ4v) is 5.78. The minimum atomic E-state index is -3.95. The molecule has 228 valence electrons. The van der Waals surface area contributed by atoms with Gasteiger partial charge in [0.1, 0.15) is 5.69 Å². The highest BCUT2D eigenvalue weighted by Gasteiger charge is 2.24. The van der Waals surface area contributed by atoms with Gasteiger partial charge in [-0.1, -0.05) is 60.7 Å². The minimum absolute atomic E-state index is 0.137. The molecule has 0 radical (unpaired) electrons. The summed E-state index contributed by atoms with van der Waals surface area (Å²) in [5.74, 6) is 0. The SMILES string of the molecule is CN(C)CCCN(CCCN(C)C)CCNS(=O)(=O)c1ccc(NC(c2ccccc2)c2ccccc2)c([N+](=O)[O-])c1. The van der Waals surface area contributed by atoms with Gasteiger partial charge in [-0.3, -0.25) is 10.1 Å². The van der Waals surface area contributed by atoms with Crippen molar-refractivity contribution in [3.63, 3.8) is 0 Å². The number of nitro groups is 1. The summed E-state index contributed by atoms with van der Waals surface area (Å²) in [4.78, 5) is 17.9. The second kappa shape index (κ2) is 16.3. The van der Waals surface area contributed by atoms with Crippen LogP contribution in [0.2, 0.25) is 0 Å². The molecule has 0 aliphatic carbocycles. The van der Waals surface area contributed by atoms with E-state index in [0.717, 1.165) is 56.2 Å². The average Bonchev–Trinajstić information content (AvgIpc) is 2.96. The van der Waals surface area contributed by atoms with Gasteiger partial charge in [-0.25, -0.2) is 13.1 Å². The van der Waals surface area contributed by atoms with E-state index < -0.39 is 14.9 Å². The van der Waals surface area contributed by atoms with E-state index in [-0.39, 0.29) is 28.9 Å². The molecule has 10 nitrogen and oxygen atoms in total. The Morgan fingerprint density at radius 2 is 1.29 bits per heavy atom. The number of hydrogen-bond donors (Lipinski definition) is 2. The van der Waals surface area contributed by atoms with Gasteiger partial charge in [-0.2, -0.15) is 0 Å². The third-order valence-electron chi connectivity index (χ3n) is 6.92. The number of nitrogens with one attached hydrogen (secondary N) is 2. The Bertz CT molecular complexity index is 1300. The van der Waals surface area contributed by atoms with Crippen LogP contribution in [0.1, 0.15) is 30.0 Å². The van der Waals surface area contributed by atoms with Gasteiger partial charge in [0.2, 0.25) is 10.0 Å². The lowest BCUT2D eigenvalue weighted by atomic mass is 9.98. The zero-order valence-electron chi connectivity index (χ0n) is 25.1. The highest BCUT2D eigenvalue weighted by Crippen LogP contribution is 2.33. The lowest BCUT2D eigenvalue weighted by Crippen LogP contribution is -2.37. The van der Waals surface area contributed by atoms with Gasteiger partial charge < -0.3 is 20.0 Å². The topological polar surface area (TPSA) is 111 Å². The van der Waals surface area contributed by atoms with Crippen LogP contribution in [0.5, 0.6) is 0 Å². The van der Waals surface area contributed by atoms with E-state index in [1.165, 1.54) is 12.1 Å². The van der Waals surface area contributed by atoms with Gasteiger partial charge in [0.15, 0.2) is 0 Å². The smallest absolute Gasteiger partial charge is 0.293 e. The summed E-state index contributed by atoms with van der Waals surface area (Å²) in [6.07, 6.45) is 1.96. The first kappa shape index (κ1) is 33.2. The molecule has 3 aromatic carbocycles. The van der Waals surface area contributed by atoms with Crippen LogP contribution in [0.25, 0.3) is 0 Å². The molecule has 0 unspecified atom stereocenters. The fourth-order valence-electron chi connectivity index (χ4n) is 4.74. The van der Waals surface area contributed by atoms with Gasteiger partial charge in [0.25, 0.3) is 5.69 Å². The minimum Gasteiger partial charge on any atom is -0.369 e. The maximum absolute atomic E-state index is 13.2. The predicted octanol–water partition coefficient (Wildman–Crippen LogP) is 4.28. The molecule has 0 aliphatic rings. The Kier molecular flexibility index (Phi) is 12.9. The molecule has 11 heteroatoms. The third kappa shape index (κ3) is 10.5. The van der Waals surface area contributed by atoms with Crippen LogP contribution in [-0.4, -0.2) is 95.5 Å². The first-order valence-corrected chi connectivity index (χ1v) is 15.7. The molecule has 0 aliphatic heterocycles. The van der Waals surface area contributed by atoms with Crippen LogP contribution in [0, 0.1) is 10.1 Å². The molecular formula is C31H44N6O4S. The van der Waals surface area contributed by atoms with E-state index in [9.17, 15) is 18.5 Å². The number of nitrogens with zero attached hydrogens (tertiary/aromatic N) is 4. The quantitative estimate of drug-likeness (QED) is 0.165. The summed E-state index contributed by atoms with van der Waals surface area (Å²) in [5.41, 5.74) is 1.79. The van der Waals surface area contributed by atoms with Crippen molar-refractivity contribution in [1.29, 1.82) is 0 Å². The van der Waals surface area contributed by atoms with Crippen LogP contribution in [0.3, 0.4) is 0 Å². The van der Waals surface area contributed by atoms with Crippen LogP contribution in [-0.2, 0) is 10.0 Å². The largest absolute Gasteiger partial charge is 0.369 e. The van der Waals surface area contributed by atoms with E-state index in [2.05, 4.69) is 24.7 Å². The maximum Gasteiger partial charge on any atom is 0.293 e. The fraction of sp³-hybridized carbons (Fsp3) is 0.419. The van der Waals surface area contributed by atoms with Crippen molar-refractivity contribution >= 4 is 21.4 Å². The summed E-state index contributed by atoms with van der Waals surface area (Å²) in [7, 11) is 4.19. The second-order valence-corrected chi connectivity index (χ2v) is 12.7. The number of sulfonamides is 1. The Labute approximate surface area is 250 Å². The van der Waals surface area contributed by atoms with Crippen molar-refractivity contribution in [3.8, 4) is 0 Å². The van der Waals surface area contributed by atoms with Crippen molar-refractivity contribution < 1.29 is 13.3 Å². The second-order valence-electron chi connectivity index (χ2n) is 10.9. The number of anilines is 1. The van der Waals surface area contributed by atoms with Gasteiger partial charge in [-0.15, -0.1) is 0 Å². The first-order valence-electron chi connectivity index (χ1n) is 14.2. The van der Waals surface area contributed by atoms with Gasteiger partial charge in [0.05, 0.1) is 15.9 Å². The molecule has 3 rings (SSSR count). The Morgan fingerprint density at radius 3 is 1.76 bits per heavy atom. The Balaban J connectivity index is 1.74. The average molecular weight is 597 g/mol. The van der Waals surface area contributed by atoms with Gasteiger partial charge in [0, 0.05) is 19.2 Å². The predicted molar refractivity (Wildman–Crippen MR) is 169 cm³/mol. The van der Waals surface area contributed by atoms with Crippen molar-refractivity contribution in [2.24, 2.45) is 0 Å². The molecule has 3 aromatic rings. The van der Waals surface area contributed by atoms with E-state index >= 15 is 0 Å². The number of benzene rings is 3. The Hall–Kier alpha value is -3.35. The molecular weight excluding hydrogens is 552 g/mol. The van der Waals surface area contributed by atoms with E-state index in [1.54, 1.807) is 0 Å². The molecule has 0 aromatic heterocycles. The van der Waals surface area contributed by atoms with Crippen LogP contribution in [0.4, 0.5) is 11.4 Å². The molecule has 0 fully saturated rings. The highest BCUT2D eigenvalue weighted by atomic mass is 32.2. The lowest BCUT2D eigenvalue weighted by Gasteiger charge is -2.24. The van der Waals surface area contributed by atoms with Crippen molar-refractivity contribution in [2.75, 3.05) is 72.8 Å². The molecule has 0 bridgehead atoms. The molecule has 0 atom stereocenters. The standard InChI is InChI=1S/C31H44N6O4S/c1-34(2)20-11-22-36(23-12-21-35(3)4)24-19-32-42(40,41)28-17-18-29(30(25-28)37(38)39)33-31(26-13-7-5-8-14-26)27-15-9-6-10-16-27/h5-10,13-18,25,31-33H,11-12,19-24H2,1-4H3. The summed E-state index contributed by atoms with van der Waals surface area (Å²) in [6, 6.07) is 22.9. The van der Waals surface area contributed by atoms with Crippen LogP contribution < -0.4 is 10.0 Å². The molecule has 42 heavy (non-hydrogen) atoms.